The molecule has 0 bridgehead atoms. The second-order valence-electron chi connectivity index (χ2n) is 4.48. The molecule has 0 atom stereocenters. The highest BCUT2D eigenvalue weighted by molar-refractivity contribution is 7.91. The Bertz CT molecular complexity index is 514. The van der Waals surface area contributed by atoms with Crippen LogP contribution in [0, 0.1) is 0 Å². The summed E-state index contributed by atoms with van der Waals surface area (Å²) < 4.78 is 24.2. The molecule has 0 saturated heterocycles. The quantitative estimate of drug-likeness (QED) is 0.805. The molecule has 0 fully saturated rings. The topological polar surface area (TPSA) is 46.2 Å². The van der Waals surface area contributed by atoms with Gasteiger partial charge in [0.1, 0.15) is 0 Å². The molecular weight excluding hydrogens is 246 g/mol. The SMILES string of the molecule is CCCS(=O)(=O)c1ccccc1NCC=C(C)C. The van der Waals surface area contributed by atoms with E-state index in [1.807, 2.05) is 32.9 Å². The van der Waals surface area contributed by atoms with Crippen LogP contribution in [0.1, 0.15) is 27.2 Å². The van der Waals surface area contributed by atoms with Gasteiger partial charge in [0, 0.05) is 6.54 Å². The van der Waals surface area contributed by atoms with Crippen LogP contribution in [0.5, 0.6) is 0 Å². The van der Waals surface area contributed by atoms with E-state index < -0.39 is 9.84 Å². The summed E-state index contributed by atoms with van der Waals surface area (Å²) in [5.41, 5.74) is 1.89. The van der Waals surface area contributed by atoms with Crippen LogP contribution in [0.3, 0.4) is 0 Å². The summed E-state index contributed by atoms with van der Waals surface area (Å²) in [5.74, 6) is 0.189. The van der Waals surface area contributed by atoms with Crippen molar-refractivity contribution in [1.29, 1.82) is 0 Å². The van der Waals surface area contributed by atoms with E-state index in [9.17, 15) is 8.42 Å². The third-order valence-electron chi connectivity index (χ3n) is 2.50. The van der Waals surface area contributed by atoms with Crippen molar-refractivity contribution in [2.24, 2.45) is 0 Å². The predicted molar refractivity (Wildman–Crippen MR) is 76.7 cm³/mol. The smallest absolute Gasteiger partial charge is 0.180 e. The molecule has 1 aromatic carbocycles. The van der Waals surface area contributed by atoms with E-state index in [1.165, 1.54) is 5.57 Å². The van der Waals surface area contributed by atoms with Gasteiger partial charge in [0.15, 0.2) is 9.84 Å². The predicted octanol–water partition coefficient (Wildman–Crippen LogP) is 3.25. The average Bonchev–Trinajstić information content (AvgIpc) is 2.29. The summed E-state index contributed by atoms with van der Waals surface area (Å²) >= 11 is 0. The lowest BCUT2D eigenvalue weighted by atomic mass is 10.3. The van der Waals surface area contributed by atoms with E-state index >= 15 is 0 Å². The highest BCUT2D eigenvalue weighted by atomic mass is 32.2. The molecule has 0 radical (unpaired) electrons. The van der Waals surface area contributed by atoms with E-state index in [4.69, 9.17) is 0 Å². The Kier molecular flexibility index (Phi) is 5.41. The molecule has 0 aromatic heterocycles. The van der Waals surface area contributed by atoms with Gasteiger partial charge in [-0.3, -0.25) is 0 Å². The molecule has 0 aliphatic heterocycles. The maximum atomic E-state index is 12.1. The van der Waals surface area contributed by atoms with Crippen molar-refractivity contribution in [2.75, 3.05) is 17.6 Å². The Balaban J connectivity index is 2.96. The molecule has 100 valence electrons. The lowest BCUT2D eigenvalue weighted by Gasteiger charge is -2.11. The van der Waals surface area contributed by atoms with Crippen molar-refractivity contribution in [1.82, 2.24) is 0 Å². The van der Waals surface area contributed by atoms with Crippen LogP contribution in [0.4, 0.5) is 5.69 Å². The Labute approximate surface area is 110 Å². The molecule has 0 spiro atoms. The van der Waals surface area contributed by atoms with Gasteiger partial charge in [-0.1, -0.05) is 30.7 Å². The molecule has 4 heteroatoms. The summed E-state index contributed by atoms with van der Waals surface area (Å²) in [7, 11) is -3.17. The molecule has 1 rings (SSSR count). The number of anilines is 1. The monoisotopic (exact) mass is 267 g/mol. The minimum atomic E-state index is -3.17. The molecule has 0 amide bonds. The van der Waals surface area contributed by atoms with Crippen LogP contribution in [0.15, 0.2) is 40.8 Å². The minimum absolute atomic E-state index is 0.189. The first-order chi connectivity index (χ1) is 8.47. The fraction of sp³-hybridized carbons (Fsp3) is 0.429. The summed E-state index contributed by atoms with van der Waals surface area (Å²) in [6.07, 6.45) is 2.66. The maximum Gasteiger partial charge on any atom is 0.180 e. The van der Waals surface area contributed by atoms with Gasteiger partial charge in [-0.05, 0) is 32.4 Å². The lowest BCUT2D eigenvalue weighted by molar-refractivity contribution is 0.595. The first kappa shape index (κ1) is 14.8. The Morgan fingerprint density at radius 2 is 1.94 bits per heavy atom. The second-order valence-corrected chi connectivity index (χ2v) is 6.55. The van der Waals surface area contributed by atoms with Gasteiger partial charge in [0.05, 0.1) is 16.3 Å². The largest absolute Gasteiger partial charge is 0.381 e. The molecule has 0 aliphatic rings. The number of benzene rings is 1. The average molecular weight is 267 g/mol. The molecule has 1 aromatic rings. The van der Waals surface area contributed by atoms with Gasteiger partial charge in [0.25, 0.3) is 0 Å². The van der Waals surface area contributed by atoms with Crippen molar-refractivity contribution < 1.29 is 8.42 Å². The van der Waals surface area contributed by atoms with Crippen molar-refractivity contribution in [2.45, 2.75) is 32.1 Å². The first-order valence-electron chi connectivity index (χ1n) is 6.16. The van der Waals surface area contributed by atoms with Crippen molar-refractivity contribution in [3.8, 4) is 0 Å². The van der Waals surface area contributed by atoms with E-state index in [0.717, 1.165) is 0 Å². The number of hydrogen-bond acceptors (Lipinski definition) is 3. The molecular formula is C14H21NO2S. The molecule has 18 heavy (non-hydrogen) atoms. The summed E-state index contributed by atoms with van der Waals surface area (Å²) in [5, 5.41) is 3.15. The van der Waals surface area contributed by atoms with Crippen molar-refractivity contribution >= 4 is 15.5 Å². The fourth-order valence-corrected chi connectivity index (χ4v) is 3.15. The number of para-hydroxylation sites is 1. The zero-order valence-corrected chi connectivity index (χ0v) is 12.0. The van der Waals surface area contributed by atoms with E-state index in [1.54, 1.807) is 18.2 Å². The zero-order valence-electron chi connectivity index (χ0n) is 11.2. The summed E-state index contributed by atoms with van der Waals surface area (Å²) in [6, 6.07) is 7.07. The number of nitrogens with one attached hydrogen (secondary N) is 1. The van der Waals surface area contributed by atoms with E-state index in [2.05, 4.69) is 5.32 Å². The molecule has 3 nitrogen and oxygen atoms in total. The number of allylic oxidation sites excluding steroid dienone is 1. The highest BCUT2D eigenvalue weighted by Crippen LogP contribution is 2.22. The minimum Gasteiger partial charge on any atom is -0.381 e. The maximum absolute atomic E-state index is 12.1. The number of hydrogen-bond donors (Lipinski definition) is 1. The molecule has 1 N–H and O–H groups in total. The van der Waals surface area contributed by atoms with Gasteiger partial charge < -0.3 is 5.32 Å². The Hall–Kier alpha value is -1.29. The Morgan fingerprint density at radius 1 is 1.28 bits per heavy atom. The Morgan fingerprint density at radius 3 is 2.56 bits per heavy atom. The fourth-order valence-electron chi connectivity index (χ4n) is 1.63. The van der Waals surface area contributed by atoms with Gasteiger partial charge in [-0.25, -0.2) is 8.42 Å². The molecule has 0 heterocycles. The van der Waals surface area contributed by atoms with Crippen molar-refractivity contribution in [3.63, 3.8) is 0 Å². The van der Waals surface area contributed by atoms with Crippen LogP contribution < -0.4 is 5.32 Å². The first-order valence-corrected chi connectivity index (χ1v) is 7.81. The van der Waals surface area contributed by atoms with Crippen LogP contribution in [-0.4, -0.2) is 20.7 Å². The normalized spacial score (nSPS) is 11.1. The van der Waals surface area contributed by atoms with Crippen LogP contribution in [0.25, 0.3) is 0 Å². The summed E-state index contributed by atoms with van der Waals surface area (Å²) in [6.45, 7) is 6.54. The van der Waals surface area contributed by atoms with Crippen LogP contribution in [-0.2, 0) is 9.84 Å². The zero-order chi connectivity index (χ0) is 13.6. The molecule has 0 aliphatic carbocycles. The third-order valence-corrected chi connectivity index (χ3v) is 4.47. The molecule has 0 saturated carbocycles. The van der Waals surface area contributed by atoms with E-state index in [-0.39, 0.29) is 5.75 Å². The van der Waals surface area contributed by atoms with Crippen LogP contribution in [0.2, 0.25) is 0 Å². The summed E-state index contributed by atoms with van der Waals surface area (Å²) in [4.78, 5) is 0.397. The van der Waals surface area contributed by atoms with Crippen molar-refractivity contribution in [3.05, 3.63) is 35.9 Å². The standard InChI is InChI=1S/C14H21NO2S/c1-4-11-18(16,17)14-8-6-5-7-13(14)15-10-9-12(2)3/h5-9,15H,4,10-11H2,1-3H3. The third kappa shape index (κ3) is 4.18. The highest BCUT2D eigenvalue weighted by Gasteiger charge is 2.16. The second kappa shape index (κ2) is 6.59. The number of sulfone groups is 1. The van der Waals surface area contributed by atoms with Gasteiger partial charge in [-0.2, -0.15) is 0 Å². The van der Waals surface area contributed by atoms with E-state index in [0.29, 0.717) is 23.5 Å². The van der Waals surface area contributed by atoms with Gasteiger partial charge in [-0.15, -0.1) is 0 Å². The van der Waals surface area contributed by atoms with Gasteiger partial charge >= 0.3 is 0 Å². The lowest BCUT2D eigenvalue weighted by Crippen LogP contribution is -2.10. The molecule has 0 unspecified atom stereocenters. The van der Waals surface area contributed by atoms with Gasteiger partial charge in [0.2, 0.25) is 0 Å². The van der Waals surface area contributed by atoms with Crippen LogP contribution >= 0.6 is 0 Å². The number of rotatable bonds is 6.